The molecule has 2 rings (SSSR count). The van der Waals surface area contributed by atoms with Gasteiger partial charge in [0.05, 0.1) is 16.6 Å². The molecule has 0 aliphatic carbocycles. The Morgan fingerprint density at radius 3 is 2.81 bits per heavy atom. The molecule has 21 heavy (non-hydrogen) atoms. The van der Waals surface area contributed by atoms with E-state index in [1.54, 1.807) is 19.2 Å². The Labute approximate surface area is 133 Å². The Hall–Kier alpha value is -1.07. The largest absolute Gasteiger partial charge is 0.492 e. The van der Waals surface area contributed by atoms with E-state index in [0.717, 1.165) is 10.9 Å². The number of carbonyl (C=O) groups is 1. The van der Waals surface area contributed by atoms with Crippen LogP contribution in [0.15, 0.2) is 16.6 Å². The first-order chi connectivity index (χ1) is 10.0. The van der Waals surface area contributed by atoms with E-state index < -0.39 is 0 Å². The average molecular weight is 357 g/mol. The van der Waals surface area contributed by atoms with Crippen LogP contribution >= 0.6 is 15.9 Å². The van der Waals surface area contributed by atoms with Crippen LogP contribution in [-0.4, -0.2) is 32.2 Å². The molecule has 4 nitrogen and oxygen atoms in total. The molecule has 0 bridgehead atoms. The van der Waals surface area contributed by atoms with E-state index in [-0.39, 0.29) is 11.9 Å². The maximum atomic E-state index is 12.2. The van der Waals surface area contributed by atoms with Crippen LogP contribution in [0.4, 0.5) is 0 Å². The molecule has 1 unspecified atom stereocenters. The molecule has 1 heterocycles. The van der Waals surface area contributed by atoms with Crippen molar-refractivity contribution < 1.29 is 19.0 Å². The number of benzene rings is 1. The number of Topliss-reactive ketones (excluding diaryl/α,β-unsaturated/α-hetero) is 1. The van der Waals surface area contributed by atoms with Gasteiger partial charge in [0, 0.05) is 32.6 Å². The number of methoxy groups -OCH3 is 1. The number of hydrogen-bond acceptors (Lipinski definition) is 4. The van der Waals surface area contributed by atoms with Crippen LogP contribution in [0, 0.1) is 5.92 Å². The van der Waals surface area contributed by atoms with Gasteiger partial charge in [-0.2, -0.15) is 0 Å². The molecule has 0 spiro atoms. The highest BCUT2D eigenvalue weighted by Crippen LogP contribution is 2.38. The summed E-state index contributed by atoms with van der Waals surface area (Å²) in [7, 11) is 1.67. The molecule has 116 valence electrons. The van der Waals surface area contributed by atoms with Gasteiger partial charge >= 0.3 is 0 Å². The summed E-state index contributed by atoms with van der Waals surface area (Å²) in [4.78, 5) is 12.2. The molecule has 1 aromatic carbocycles. The highest BCUT2D eigenvalue weighted by molar-refractivity contribution is 9.10. The van der Waals surface area contributed by atoms with Crippen LogP contribution in [0.5, 0.6) is 11.5 Å². The Kier molecular flexibility index (Phi) is 5.65. The number of halogens is 1. The van der Waals surface area contributed by atoms with Gasteiger partial charge in [-0.25, -0.2) is 0 Å². The summed E-state index contributed by atoms with van der Waals surface area (Å²) in [5, 5.41) is 0. The summed E-state index contributed by atoms with van der Waals surface area (Å²) in [5.41, 5.74) is 0.628. The molecular weight excluding hydrogens is 336 g/mol. The van der Waals surface area contributed by atoms with Crippen LogP contribution in [0.1, 0.15) is 37.0 Å². The fraction of sp³-hybridized carbons (Fsp3) is 0.562. The third-order valence-corrected chi connectivity index (χ3v) is 4.11. The van der Waals surface area contributed by atoms with Gasteiger partial charge in [-0.1, -0.05) is 13.8 Å². The molecule has 1 aromatic rings. The van der Waals surface area contributed by atoms with E-state index in [1.165, 1.54) is 0 Å². The van der Waals surface area contributed by atoms with Gasteiger partial charge in [-0.15, -0.1) is 0 Å². The fourth-order valence-corrected chi connectivity index (χ4v) is 2.67. The molecule has 1 aliphatic heterocycles. The zero-order chi connectivity index (χ0) is 15.4. The number of hydrogen-bond donors (Lipinski definition) is 0. The zero-order valence-electron chi connectivity index (χ0n) is 12.6. The van der Waals surface area contributed by atoms with E-state index >= 15 is 0 Å². The number of ether oxygens (including phenoxy) is 3. The van der Waals surface area contributed by atoms with Crippen LogP contribution in [0.3, 0.4) is 0 Å². The summed E-state index contributed by atoms with van der Waals surface area (Å²) >= 11 is 3.45. The minimum Gasteiger partial charge on any atom is -0.492 e. The van der Waals surface area contributed by atoms with Crippen LogP contribution in [-0.2, 0) is 4.74 Å². The molecular formula is C16H21BrO4. The molecule has 0 amide bonds. The molecule has 1 atom stereocenters. The molecule has 0 radical (unpaired) electrons. The van der Waals surface area contributed by atoms with E-state index in [2.05, 4.69) is 29.8 Å². The lowest BCUT2D eigenvalue weighted by atomic mass is 9.94. The lowest BCUT2D eigenvalue weighted by molar-refractivity contribution is 0.0771. The third kappa shape index (κ3) is 3.98. The minimum atomic E-state index is -0.0625. The Morgan fingerprint density at radius 2 is 2.14 bits per heavy atom. The van der Waals surface area contributed by atoms with Crippen molar-refractivity contribution in [3.63, 3.8) is 0 Å². The highest BCUT2D eigenvalue weighted by Gasteiger charge is 2.29. The maximum absolute atomic E-state index is 12.2. The second-order valence-electron chi connectivity index (χ2n) is 5.50. The molecule has 0 N–H and O–H groups in total. The smallest absolute Gasteiger partial charge is 0.170 e. The predicted octanol–water partition coefficient (Wildman–Crippen LogP) is 3.85. The van der Waals surface area contributed by atoms with Gasteiger partial charge < -0.3 is 14.2 Å². The monoisotopic (exact) mass is 356 g/mol. The summed E-state index contributed by atoms with van der Waals surface area (Å²) in [6.07, 6.45) is 1.19. The third-order valence-electron chi connectivity index (χ3n) is 3.49. The van der Waals surface area contributed by atoms with Gasteiger partial charge in [0.1, 0.15) is 17.6 Å². The minimum absolute atomic E-state index is 0.0625. The number of carbonyl (C=O) groups excluding carboxylic acids is 1. The lowest BCUT2D eigenvalue weighted by Crippen LogP contribution is -2.31. The Bertz CT molecular complexity index is 513. The molecule has 0 saturated carbocycles. The summed E-state index contributed by atoms with van der Waals surface area (Å²) in [5.74, 6) is 1.75. The van der Waals surface area contributed by atoms with Gasteiger partial charge in [0.25, 0.3) is 0 Å². The van der Waals surface area contributed by atoms with Crippen molar-refractivity contribution in [3.8, 4) is 11.5 Å². The summed E-state index contributed by atoms with van der Waals surface area (Å²) < 4.78 is 17.4. The summed E-state index contributed by atoms with van der Waals surface area (Å²) in [6, 6.07) is 3.60. The first-order valence-corrected chi connectivity index (χ1v) is 7.97. The van der Waals surface area contributed by atoms with Crippen molar-refractivity contribution in [2.24, 2.45) is 5.92 Å². The summed E-state index contributed by atoms with van der Waals surface area (Å²) in [6.45, 7) is 5.34. The first kappa shape index (κ1) is 16.3. The lowest BCUT2D eigenvalue weighted by Gasteiger charge is -2.28. The highest BCUT2D eigenvalue weighted by atomic mass is 79.9. The van der Waals surface area contributed by atoms with Gasteiger partial charge in [0.2, 0.25) is 0 Å². The van der Waals surface area contributed by atoms with E-state index in [0.29, 0.717) is 42.6 Å². The van der Waals surface area contributed by atoms with Crippen LogP contribution < -0.4 is 9.47 Å². The molecule has 5 heteroatoms. The van der Waals surface area contributed by atoms with Crippen molar-refractivity contribution in [3.05, 3.63) is 22.2 Å². The second kappa shape index (κ2) is 7.27. The van der Waals surface area contributed by atoms with Gasteiger partial charge in [-0.3, -0.25) is 4.79 Å². The van der Waals surface area contributed by atoms with Crippen molar-refractivity contribution in [1.82, 2.24) is 0 Å². The average Bonchev–Trinajstić information content (AvgIpc) is 2.44. The second-order valence-corrected chi connectivity index (χ2v) is 6.36. The zero-order valence-corrected chi connectivity index (χ0v) is 14.2. The van der Waals surface area contributed by atoms with Gasteiger partial charge in [0.15, 0.2) is 5.78 Å². The van der Waals surface area contributed by atoms with Crippen LogP contribution in [0.2, 0.25) is 0 Å². The number of rotatable bonds is 6. The molecule has 1 aliphatic rings. The quantitative estimate of drug-likeness (QED) is 0.726. The topological polar surface area (TPSA) is 44.8 Å². The normalized spacial score (nSPS) is 17.6. The first-order valence-electron chi connectivity index (χ1n) is 7.18. The van der Waals surface area contributed by atoms with Crippen molar-refractivity contribution in [2.75, 3.05) is 20.3 Å². The Morgan fingerprint density at radius 1 is 1.38 bits per heavy atom. The standard InChI is InChI=1S/C16H21BrO4/c1-10(2)14-8-13(18)11-7-12(17)16(9-15(11)21-14)20-6-4-5-19-3/h7,9-10,14H,4-6,8H2,1-3H3. The van der Waals surface area contributed by atoms with Gasteiger partial charge in [-0.05, 0) is 27.9 Å². The van der Waals surface area contributed by atoms with E-state index in [1.807, 2.05) is 0 Å². The Balaban J connectivity index is 2.16. The SMILES string of the molecule is COCCCOc1cc2c(cc1Br)C(=O)CC(C(C)C)O2. The van der Waals surface area contributed by atoms with Crippen molar-refractivity contribution in [2.45, 2.75) is 32.8 Å². The van der Waals surface area contributed by atoms with E-state index in [9.17, 15) is 4.79 Å². The maximum Gasteiger partial charge on any atom is 0.170 e. The number of fused-ring (bicyclic) bond motifs is 1. The molecule has 0 saturated heterocycles. The molecule has 0 fully saturated rings. The predicted molar refractivity (Wildman–Crippen MR) is 84.3 cm³/mol. The number of ketones is 1. The van der Waals surface area contributed by atoms with E-state index in [4.69, 9.17) is 14.2 Å². The van der Waals surface area contributed by atoms with Crippen LogP contribution in [0.25, 0.3) is 0 Å². The van der Waals surface area contributed by atoms with Crippen molar-refractivity contribution >= 4 is 21.7 Å². The molecule has 0 aromatic heterocycles. The van der Waals surface area contributed by atoms with Crippen molar-refractivity contribution in [1.29, 1.82) is 0 Å². The fourth-order valence-electron chi connectivity index (χ4n) is 2.22.